The Bertz CT molecular complexity index is 396. The van der Waals surface area contributed by atoms with Gasteiger partial charge in [0.15, 0.2) is 5.11 Å². The lowest BCUT2D eigenvalue weighted by molar-refractivity contribution is 0.403. The number of nitrogens with one attached hydrogen (secondary N) is 1. The molecule has 0 unspecified atom stereocenters. The highest BCUT2D eigenvalue weighted by Gasteiger charge is 2.10. The van der Waals surface area contributed by atoms with Crippen LogP contribution < -0.4 is 5.32 Å². The highest BCUT2D eigenvalue weighted by atomic mass is 32.1. The van der Waals surface area contributed by atoms with E-state index in [1.165, 1.54) is 31.2 Å². The summed E-state index contributed by atoms with van der Waals surface area (Å²) in [7, 11) is 0. The number of para-hydroxylation sites is 1. The second-order valence-corrected chi connectivity index (χ2v) is 5.52. The molecule has 1 rings (SSSR count). The number of unbranched alkanes of at least 4 members (excludes halogenated alkanes) is 2. The first-order chi connectivity index (χ1) is 9.72. The predicted molar refractivity (Wildman–Crippen MR) is 93.4 cm³/mol. The van der Waals surface area contributed by atoms with Gasteiger partial charge >= 0.3 is 0 Å². The number of hydrogen-bond acceptors (Lipinski definition) is 1. The molecule has 0 spiro atoms. The standard InChI is InChI=1S/C17H28N2S/c1-4-7-13-19(14-8-5-2)17(20)18-16-12-10-9-11-15(16)6-3/h9-12H,4-8,13-14H2,1-3H3,(H,18,20). The molecule has 0 aliphatic carbocycles. The van der Waals surface area contributed by atoms with Crippen LogP contribution in [0.25, 0.3) is 0 Å². The van der Waals surface area contributed by atoms with Gasteiger partial charge < -0.3 is 10.2 Å². The molecule has 0 aliphatic heterocycles. The van der Waals surface area contributed by atoms with Gasteiger partial charge in [0.1, 0.15) is 0 Å². The van der Waals surface area contributed by atoms with E-state index in [4.69, 9.17) is 12.2 Å². The Kier molecular flexibility index (Phi) is 8.28. The van der Waals surface area contributed by atoms with Crippen LogP contribution in [0, 0.1) is 0 Å². The van der Waals surface area contributed by atoms with Crippen LogP contribution in [0.15, 0.2) is 24.3 Å². The predicted octanol–water partition coefficient (Wildman–Crippen LogP) is 4.85. The van der Waals surface area contributed by atoms with Crippen molar-refractivity contribution in [2.75, 3.05) is 18.4 Å². The van der Waals surface area contributed by atoms with Gasteiger partial charge in [-0.25, -0.2) is 0 Å². The van der Waals surface area contributed by atoms with Crippen molar-refractivity contribution in [2.45, 2.75) is 52.9 Å². The average molecular weight is 292 g/mol. The van der Waals surface area contributed by atoms with Crippen molar-refractivity contribution in [1.82, 2.24) is 4.90 Å². The molecule has 0 aromatic heterocycles. The molecule has 2 nitrogen and oxygen atoms in total. The average Bonchev–Trinajstić information content (AvgIpc) is 2.47. The van der Waals surface area contributed by atoms with Crippen molar-refractivity contribution in [1.29, 1.82) is 0 Å². The molecule has 0 saturated heterocycles. The zero-order valence-electron chi connectivity index (χ0n) is 13.1. The fourth-order valence-corrected chi connectivity index (χ4v) is 2.45. The van der Waals surface area contributed by atoms with Gasteiger partial charge in [0, 0.05) is 18.8 Å². The van der Waals surface area contributed by atoms with Gasteiger partial charge in [-0.3, -0.25) is 0 Å². The number of hydrogen-bond donors (Lipinski definition) is 1. The number of nitrogens with zero attached hydrogens (tertiary/aromatic N) is 1. The summed E-state index contributed by atoms with van der Waals surface area (Å²) in [5.41, 5.74) is 2.47. The summed E-state index contributed by atoms with van der Waals surface area (Å²) in [6.45, 7) is 8.73. The number of anilines is 1. The minimum absolute atomic E-state index is 0.868. The van der Waals surface area contributed by atoms with Crippen LogP contribution in [0.2, 0.25) is 0 Å². The summed E-state index contributed by atoms with van der Waals surface area (Å²) in [4.78, 5) is 2.31. The lowest BCUT2D eigenvalue weighted by Crippen LogP contribution is -2.36. The molecule has 1 aromatic carbocycles. The minimum Gasteiger partial charge on any atom is -0.349 e. The third-order valence-corrected chi connectivity index (χ3v) is 3.85. The molecular formula is C17H28N2S. The van der Waals surface area contributed by atoms with Crippen LogP contribution in [0.5, 0.6) is 0 Å². The number of aryl methyl sites for hydroxylation is 1. The van der Waals surface area contributed by atoms with Crippen LogP contribution in [0.4, 0.5) is 5.69 Å². The lowest BCUT2D eigenvalue weighted by Gasteiger charge is -2.26. The van der Waals surface area contributed by atoms with E-state index in [2.05, 4.69) is 55.3 Å². The van der Waals surface area contributed by atoms with E-state index in [1.54, 1.807) is 0 Å². The third-order valence-electron chi connectivity index (χ3n) is 3.49. The second-order valence-electron chi connectivity index (χ2n) is 5.14. The lowest BCUT2D eigenvalue weighted by atomic mass is 10.1. The van der Waals surface area contributed by atoms with E-state index in [0.29, 0.717) is 0 Å². The zero-order chi connectivity index (χ0) is 14.8. The summed E-state index contributed by atoms with van der Waals surface area (Å²) < 4.78 is 0. The Morgan fingerprint density at radius 2 is 1.65 bits per heavy atom. The van der Waals surface area contributed by atoms with E-state index >= 15 is 0 Å². The Hall–Kier alpha value is -1.09. The molecule has 1 N–H and O–H groups in total. The maximum Gasteiger partial charge on any atom is 0.173 e. The number of benzene rings is 1. The van der Waals surface area contributed by atoms with E-state index in [9.17, 15) is 0 Å². The SMILES string of the molecule is CCCCN(CCCC)C(=S)Nc1ccccc1CC. The number of rotatable bonds is 8. The van der Waals surface area contributed by atoms with E-state index in [1.807, 2.05) is 0 Å². The molecule has 3 heteroatoms. The molecule has 20 heavy (non-hydrogen) atoms. The summed E-state index contributed by atoms with van der Waals surface area (Å²) in [5, 5.41) is 4.31. The Morgan fingerprint density at radius 3 is 2.20 bits per heavy atom. The Balaban J connectivity index is 2.68. The summed E-state index contributed by atoms with van der Waals surface area (Å²) in [6.07, 6.45) is 5.82. The fraction of sp³-hybridized carbons (Fsp3) is 0.588. The molecule has 0 radical (unpaired) electrons. The van der Waals surface area contributed by atoms with Crippen molar-refractivity contribution in [3.8, 4) is 0 Å². The molecule has 0 fully saturated rings. The molecule has 0 aliphatic rings. The van der Waals surface area contributed by atoms with Gasteiger partial charge in [0.2, 0.25) is 0 Å². The first-order valence-electron chi connectivity index (χ1n) is 7.86. The van der Waals surface area contributed by atoms with Gasteiger partial charge in [-0.05, 0) is 43.1 Å². The first-order valence-corrected chi connectivity index (χ1v) is 8.27. The molecule has 0 heterocycles. The highest BCUT2D eigenvalue weighted by molar-refractivity contribution is 7.80. The topological polar surface area (TPSA) is 15.3 Å². The molecular weight excluding hydrogens is 264 g/mol. The smallest absolute Gasteiger partial charge is 0.173 e. The fourth-order valence-electron chi connectivity index (χ4n) is 2.16. The Labute approximate surface area is 129 Å². The van der Waals surface area contributed by atoms with E-state index in [0.717, 1.165) is 30.3 Å². The summed E-state index contributed by atoms with van der Waals surface area (Å²) >= 11 is 5.61. The monoisotopic (exact) mass is 292 g/mol. The summed E-state index contributed by atoms with van der Waals surface area (Å²) in [5.74, 6) is 0. The first kappa shape index (κ1) is 17.0. The minimum atomic E-state index is 0.868. The van der Waals surface area contributed by atoms with Crippen molar-refractivity contribution >= 4 is 23.0 Å². The molecule has 112 valence electrons. The van der Waals surface area contributed by atoms with Gasteiger partial charge in [-0.1, -0.05) is 51.8 Å². The number of thiocarbonyl (C=S) groups is 1. The molecule has 0 bridgehead atoms. The van der Waals surface area contributed by atoms with Crippen LogP contribution >= 0.6 is 12.2 Å². The van der Waals surface area contributed by atoms with Crippen molar-refractivity contribution in [2.24, 2.45) is 0 Å². The van der Waals surface area contributed by atoms with Gasteiger partial charge in [0.05, 0.1) is 0 Å². The maximum absolute atomic E-state index is 5.61. The molecule has 1 aromatic rings. The van der Waals surface area contributed by atoms with Crippen LogP contribution in [0.1, 0.15) is 52.0 Å². The Morgan fingerprint density at radius 1 is 1.05 bits per heavy atom. The van der Waals surface area contributed by atoms with Crippen LogP contribution in [0.3, 0.4) is 0 Å². The second kappa shape index (κ2) is 9.76. The summed E-state index contributed by atoms with van der Waals surface area (Å²) in [6, 6.07) is 8.42. The largest absolute Gasteiger partial charge is 0.349 e. The maximum atomic E-state index is 5.61. The van der Waals surface area contributed by atoms with E-state index in [-0.39, 0.29) is 0 Å². The van der Waals surface area contributed by atoms with Crippen molar-refractivity contribution in [3.63, 3.8) is 0 Å². The third kappa shape index (κ3) is 5.49. The highest BCUT2D eigenvalue weighted by Crippen LogP contribution is 2.16. The quantitative estimate of drug-likeness (QED) is 0.690. The van der Waals surface area contributed by atoms with Crippen LogP contribution in [-0.2, 0) is 6.42 Å². The molecule has 0 saturated carbocycles. The van der Waals surface area contributed by atoms with Crippen LogP contribution in [-0.4, -0.2) is 23.1 Å². The van der Waals surface area contributed by atoms with Crippen molar-refractivity contribution in [3.05, 3.63) is 29.8 Å². The normalized spacial score (nSPS) is 10.3. The van der Waals surface area contributed by atoms with E-state index < -0.39 is 0 Å². The molecule has 0 atom stereocenters. The van der Waals surface area contributed by atoms with Gasteiger partial charge in [-0.2, -0.15) is 0 Å². The van der Waals surface area contributed by atoms with Crippen molar-refractivity contribution < 1.29 is 0 Å². The molecule has 0 amide bonds. The van der Waals surface area contributed by atoms with Gasteiger partial charge in [-0.15, -0.1) is 0 Å². The zero-order valence-corrected chi connectivity index (χ0v) is 13.9. The van der Waals surface area contributed by atoms with Gasteiger partial charge in [0.25, 0.3) is 0 Å².